The molecule has 1 atom stereocenters. The van der Waals surface area contributed by atoms with E-state index in [0.29, 0.717) is 17.8 Å². The molecule has 0 bridgehead atoms. The molecule has 0 saturated heterocycles. The average Bonchev–Trinajstić information content (AvgIpc) is 2.98. The van der Waals surface area contributed by atoms with E-state index >= 15 is 0 Å². The highest BCUT2D eigenvalue weighted by Crippen LogP contribution is 2.30. The minimum atomic E-state index is -0.309. The summed E-state index contributed by atoms with van der Waals surface area (Å²) in [5.74, 6) is -0.630. The summed E-state index contributed by atoms with van der Waals surface area (Å²) in [6, 6.07) is 15.8. The molecule has 4 nitrogen and oxygen atoms in total. The first-order valence-electron chi connectivity index (χ1n) is 8.27. The summed E-state index contributed by atoms with van der Waals surface area (Å²) in [5, 5.41) is 10.2. The second-order valence-electron chi connectivity index (χ2n) is 5.94. The standard InChI is InChI=1S/C20H20FN3O/c1-3-17(14-7-5-4-6-8-14)20(25)22-18-13(2)23-24-19(18)15-9-11-16(21)12-10-15/h4-12,17H,3H2,1-2H3,(H,22,25)(H,23,24)/t17-/m0/s1. The Morgan fingerprint density at radius 3 is 2.48 bits per heavy atom. The lowest BCUT2D eigenvalue weighted by Gasteiger charge is -2.16. The van der Waals surface area contributed by atoms with Gasteiger partial charge in [0, 0.05) is 5.56 Å². The normalized spacial score (nSPS) is 12.0. The molecule has 3 aromatic rings. The lowest BCUT2D eigenvalue weighted by molar-refractivity contribution is -0.117. The smallest absolute Gasteiger partial charge is 0.232 e. The van der Waals surface area contributed by atoms with Crippen LogP contribution in [0.25, 0.3) is 11.3 Å². The zero-order valence-corrected chi connectivity index (χ0v) is 14.2. The number of amides is 1. The third-order valence-corrected chi connectivity index (χ3v) is 4.24. The number of hydrogen-bond acceptors (Lipinski definition) is 2. The van der Waals surface area contributed by atoms with Gasteiger partial charge in [0.15, 0.2) is 0 Å². The van der Waals surface area contributed by atoms with Crippen LogP contribution in [0.2, 0.25) is 0 Å². The van der Waals surface area contributed by atoms with Crippen molar-refractivity contribution in [3.05, 3.63) is 71.7 Å². The molecule has 0 fully saturated rings. The van der Waals surface area contributed by atoms with Crippen molar-refractivity contribution < 1.29 is 9.18 Å². The Morgan fingerprint density at radius 1 is 1.16 bits per heavy atom. The summed E-state index contributed by atoms with van der Waals surface area (Å²) in [4.78, 5) is 12.8. The molecule has 0 aliphatic carbocycles. The highest BCUT2D eigenvalue weighted by Gasteiger charge is 2.22. The molecule has 0 aliphatic heterocycles. The van der Waals surface area contributed by atoms with Gasteiger partial charge in [0.25, 0.3) is 0 Å². The molecule has 1 heterocycles. The highest BCUT2D eigenvalue weighted by molar-refractivity contribution is 5.99. The third kappa shape index (κ3) is 3.60. The van der Waals surface area contributed by atoms with Gasteiger partial charge < -0.3 is 5.32 Å². The van der Waals surface area contributed by atoms with Crippen molar-refractivity contribution in [3.63, 3.8) is 0 Å². The third-order valence-electron chi connectivity index (χ3n) is 4.24. The maximum Gasteiger partial charge on any atom is 0.232 e. The lowest BCUT2D eigenvalue weighted by atomic mass is 9.95. The van der Waals surface area contributed by atoms with E-state index in [-0.39, 0.29) is 17.6 Å². The Balaban J connectivity index is 1.89. The van der Waals surface area contributed by atoms with Crippen molar-refractivity contribution in [3.8, 4) is 11.3 Å². The second-order valence-corrected chi connectivity index (χ2v) is 5.94. The maximum atomic E-state index is 13.2. The van der Waals surface area contributed by atoms with E-state index in [4.69, 9.17) is 0 Å². The number of aromatic amines is 1. The molecule has 0 aliphatic rings. The Labute approximate surface area is 146 Å². The van der Waals surface area contributed by atoms with E-state index in [9.17, 15) is 9.18 Å². The molecule has 25 heavy (non-hydrogen) atoms. The van der Waals surface area contributed by atoms with E-state index in [2.05, 4.69) is 15.5 Å². The minimum absolute atomic E-state index is 0.0819. The molecule has 1 amide bonds. The quantitative estimate of drug-likeness (QED) is 0.711. The van der Waals surface area contributed by atoms with Crippen LogP contribution in [0.4, 0.5) is 10.1 Å². The average molecular weight is 337 g/mol. The van der Waals surface area contributed by atoms with E-state index in [1.807, 2.05) is 44.2 Å². The van der Waals surface area contributed by atoms with E-state index in [1.165, 1.54) is 12.1 Å². The number of hydrogen-bond donors (Lipinski definition) is 2. The first-order valence-corrected chi connectivity index (χ1v) is 8.27. The van der Waals surface area contributed by atoms with Gasteiger partial charge in [-0.2, -0.15) is 5.10 Å². The summed E-state index contributed by atoms with van der Waals surface area (Å²) >= 11 is 0. The van der Waals surface area contributed by atoms with Gasteiger partial charge in [-0.15, -0.1) is 0 Å². The fourth-order valence-electron chi connectivity index (χ4n) is 2.87. The second kappa shape index (κ2) is 7.30. The molecule has 2 N–H and O–H groups in total. The van der Waals surface area contributed by atoms with Crippen LogP contribution in [-0.2, 0) is 4.79 Å². The molecule has 0 unspecified atom stereocenters. The van der Waals surface area contributed by atoms with Gasteiger partial charge >= 0.3 is 0 Å². The predicted octanol–water partition coefficient (Wildman–Crippen LogP) is 4.66. The van der Waals surface area contributed by atoms with Crippen molar-refractivity contribution in [2.75, 3.05) is 5.32 Å². The van der Waals surface area contributed by atoms with E-state index < -0.39 is 0 Å². The van der Waals surface area contributed by atoms with Crippen LogP contribution in [0.1, 0.15) is 30.5 Å². The van der Waals surface area contributed by atoms with Gasteiger partial charge in [-0.25, -0.2) is 4.39 Å². The summed E-state index contributed by atoms with van der Waals surface area (Å²) in [6.07, 6.45) is 0.693. The summed E-state index contributed by atoms with van der Waals surface area (Å²) in [7, 11) is 0. The molecule has 0 saturated carbocycles. The van der Waals surface area contributed by atoms with Crippen LogP contribution >= 0.6 is 0 Å². The van der Waals surface area contributed by atoms with E-state index in [0.717, 1.165) is 16.8 Å². The molecule has 0 radical (unpaired) electrons. The van der Waals surface area contributed by atoms with Crippen molar-refractivity contribution in [1.29, 1.82) is 0 Å². The van der Waals surface area contributed by atoms with Crippen LogP contribution in [0, 0.1) is 12.7 Å². The zero-order valence-electron chi connectivity index (χ0n) is 14.2. The summed E-state index contributed by atoms with van der Waals surface area (Å²) in [5.41, 5.74) is 3.72. The molecule has 1 aromatic heterocycles. The molecule has 128 valence electrons. The van der Waals surface area contributed by atoms with Crippen molar-refractivity contribution >= 4 is 11.6 Å². The Hall–Kier alpha value is -2.95. The van der Waals surface area contributed by atoms with Crippen LogP contribution in [0.3, 0.4) is 0 Å². The first-order chi connectivity index (χ1) is 12.1. The van der Waals surface area contributed by atoms with Crippen molar-refractivity contribution in [1.82, 2.24) is 10.2 Å². The van der Waals surface area contributed by atoms with Crippen LogP contribution < -0.4 is 5.32 Å². The van der Waals surface area contributed by atoms with Gasteiger partial charge in [0.2, 0.25) is 5.91 Å². The SMILES string of the molecule is CC[C@H](C(=O)Nc1c(-c2ccc(F)cc2)n[nH]c1C)c1ccccc1. The van der Waals surface area contributed by atoms with Gasteiger partial charge in [-0.1, -0.05) is 37.3 Å². The largest absolute Gasteiger partial charge is 0.322 e. The number of carbonyl (C=O) groups excluding carboxylic acids is 1. The topological polar surface area (TPSA) is 57.8 Å². The number of anilines is 1. The fourth-order valence-corrected chi connectivity index (χ4v) is 2.87. The van der Waals surface area contributed by atoms with Crippen LogP contribution in [-0.4, -0.2) is 16.1 Å². The van der Waals surface area contributed by atoms with Gasteiger partial charge in [0.05, 0.1) is 17.3 Å². The number of H-pyrrole nitrogens is 1. The monoisotopic (exact) mass is 337 g/mol. The highest BCUT2D eigenvalue weighted by atomic mass is 19.1. The van der Waals surface area contributed by atoms with Crippen molar-refractivity contribution in [2.24, 2.45) is 0 Å². The van der Waals surface area contributed by atoms with Gasteiger partial charge in [-0.05, 0) is 43.2 Å². The minimum Gasteiger partial charge on any atom is -0.322 e. The Kier molecular flexibility index (Phi) is 4.93. The van der Waals surface area contributed by atoms with Crippen LogP contribution in [0.5, 0.6) is 0 Å². The molecular formula is C20H20FN3O. The fraction of sp³-hybridized carbons (Fsp3) is 0.200. The number of aromatic nitrogens is 2. The number of rotatable bonds is 5. The molecule has 2 aromatic carbocycles. The van der Waals surface area contributed by atoms with Crippen molar-refractivity contribution in [2.45, 2.75) is 26.2 Å². The molecule has 5 heteroatoms. The maximum absolute atomic E-state index is 13.2. The number of halogens is 1. The molecule has 0 spiro atoms. The van der Waals surface area contributed by atoms with E-state index in [1.54, 1.807) is 12.1 Å². The summed E-state index contributed by atoms with van der Waals surface area (Å²) in [6.45, 7) is 3.83. The zero-order chi connectivity index (χ0) is 17.8. The predicted molar refractivity (Wildman–Crippen MR) is 96.8 cm³/mol. The van der Waals surface area contributed by atoms with Gasteiger partial charge in [-0.3, -0.25) is 9.89 Å². The molecule has 3 rings (SSSR count). The van der Waals surface area contributed by atoms with Crippen LogP contribution in [0.15, 0.2) is 54.6 Å². The number of nitrogens with zero attached hydrogens (tertiary/aromatic N) is 1. The number of carbonyl (C=O) groups is 1. The Morgan fingerprint density at radius 2 is 1.84 bits per heavy atom. The number of nitrogens with one attached hydrogen (secondary N) is 2. The molecular weight excluding hydrogens is 317 g/mol. The number of benzene rings is 2. The first kappa shape index (κ1) is 16.9. The number of aryl methyl sites for hydroxylation is 1. The summed E-state index contributed by atoms with van der Waals surface area (Å²) < 4.78 is 13.2. The lowest BCUT2D eigenvalue weighted by Crippen LogP contribution is -2.21. The van der Waals surface area contributed by atoms with Gasteiger partial charge in [0.1, 0.15) is 11.5 Å². The Bertz CT molecular complexity index is 856.